The number of aromatic nitrogens is 4. The van der Waals surface area contributed by atoms with Gasteiger partial charge in [0.25, 0.3) is 5.56 Å². The van der Waals surface area contributed by atoms with Crippen LogP contribution in [-0.4, -0.2) is 19.7 Å². The minimum atomic E-state index is -0.249. The quantitative estimate of drug-likeness (QED) is 0.847. The zero-order valence-electron chi connectivity index (χ0n) is 9.04. The van der Waals surface area contributed by atoms with E-state index in [4.69, 9.17) is 4.74 Å². The van der Waals surface area contributed by atoms with Crippen LogP contribution in [0.25, 0.3) is 0 Å². The number of nitrogens with one attached hydrogen (secondary N) is 1. The van der Waals surface area contributed by atoms with Gasteiger partial charge < -0.3 is 9.72 Å². The van der Waals surface area contributed by atoms with Gasteiger partial charge in [-0.25, -0.2) is 4.98 Å². The Morgan fingerprint density at radius 1 is 1.50 bits per heavy atom. The van der Waals surface area contributed by atoms with E-state index in [1.807, 2.05) is 13.8 Å². The molecule has 2 aromatic heterocycles. The Kier molecular flexibility index (Phi) is 2.72. The molecule has 2 rings (SSSR count). The van der Waals surface area contributed by atoms with E-state index in [0.717, 1.165) is 0 Å². The lowest BCUT2D eigenvalue weighted by Crippen LogP contribution is -2.04. The predicted octanol–water partition coefficient (Wildman–Crippen LogP) is 1.34. The highest BCUT2D eigenvalue weighted by Crippen LogP contribution is 2.17. The first kappa shape index (κ1) is 10.4. The Morgan fingerprint density at radius 3 is 2.94 bits per heavy atom. The van der Waals surface area contributed by atoms with Gasteiger partial charge in [0.2, 0.25) is 5.88 Å². The lowest BCUT2D eigenvalue weighted by Gasteiger charge is -2.03. The zero-order valence-corrected chi connectivity index (χ0v) is 9.04. The molecule has 1 N–H and O–H groups in total. The van der Waals surface area contributed by atoms with Gasteiger partial charge in [-0.15, -0.1) is 0 Å². The van der Waals surface area contributed by atoms with Crippen molar-refractivity contribution in [2.75, 3.05) is 0 Å². The summed E-state index contributed by atoms with van der Waals surface area (Å²) < 4.78 is 7.14. The average molecular weight is 220 g/mol. The van der Waals surface area contributed by atoms with Crippen LogP contribution in [0.15, 0.2) is 29.6 Å². The molecule has 0 saturated heterocycles. The van der Waals surface area contributed by atoms with E-state index in [-0.39, 0.29) is 17.5 Å². The highest BCUT2D eigenvalue weighted by Gasteiger charge is 2.04. The second-order valence-electron chi connectivity index (χ2n) is 3.60. The topological polar surface area (TPSA) is 72.8 Å². The monoisotopic (exact) mass is 220 g/mol. The Bertz CT molecular complexity index is 529. The molecule has 84 valence electrons. The van der Waals surface area contributed by atoms with Crippen LogP contribution >= 0.6 is 0 Å². The van der Waals surface area contributed by atoms with Crippen molar-refractivity contribution in [2.45, 2.75) is 19.9 Å². The maximum atomic E-state index is 11.0. The summed E-state index contributed by atoms with van der Waals surface area (Å²) in [6.45, 7) is 4.03. The molecule has 2 aromatic rings. The Morgan fingerprint density at radius 2 is 2.31 bits per heavy atom. The Labute approximate surface area is 91.9 Å². The fourth-order valence-electron chi connectivity index (χ4n) is 1.18. The van der Waals surface area contributed by atoms with E-state index < -0.39 is 0 Å². The van der Waals surface area contributed by atoms with Crippen LogP contribution in [0.5, 0.6) is 11.6 Å². The molecule has 0 aliphatic rings. The summed E-state index contributed by atoms with van der Waals surface area (Å²) in [7, 11) is 0. The molecule has 0 aromatic carbocycles. The number of nitrogens with zero attached hydrogens (tertiary/aromatic N) is 3. The van der Waals surface area contributed by atoms with Crippen LogP contribution in [0, 0.1) is 0 Å². The molecule has 0 spiro atoms. The van der Waals surface area contributed by atoms with Crippen molar-refractivity contribution in [2.24, 2.45) is 0 Å². The normalized spacial score (nSPS) is 10.7. The summed E-state index contributed by atoms with van der Waals surface area (Å²) in [6, 6.07) is 1.55. The number of hydrogen-bond donors (Lipinski definition) is 1. The van der Waals surface area contributed by atoms with Crippen molar-refractivity contribution in [3.63, 3.8) is 0 Å². The molecule has 0 fully saturated rings. The van der Waals surface area contributed by atoms with Crippen molar-refractivity contribution in [3.05, 3.63) is 35.1 Å². The number of rotatable bonds is 3. The minimum absolute atomic E-state index is 0.249. The number of ether oxygens (including phenoxy) is 1. The summed E-state index contributed by atoms with van der Waals surface area (Å²) in [5.74, 6) is 0.818. The lowest BCUT2D eigenvalue weighted by molar-refractivity contribution is 0.457. The highest BCUT2D eigenvalue weighted by molar-refractivity contribution is 5.20. The molecule has 0 atom stereocenters. The van der Waals surface area contributed by atoms with Gasteiger partial charge >= 0.3 is 0 Å². The van der Waals surface area contributed by atoms with E-state index in [1.165, 1.54) is 12.4 Å². The molecular weight excluding hydrogens is 208 g/mol. The summed E-state index contributed by atoms with van der Waals surface area (Å²) in [4.78, 5) is 17.3. The average Bonchev–Trinajstić information content (AvgIpc) is 2.66. The molecule has 2 heterocycles. The maximum absolute atomic E-state index is 11.0. The van der Waals surface area contributed by atoms with Crippen LogP contribution in [-0.2, 0) is 0 Å². The van der Waals surface area contributed by atoms with Gasteiger partial charge in [0.05, 0.1) is 24.8 Å². The van der Waals surface area contributed by atoms with E-state index in [1.54, 1.807) is 17.1 Å². The number of hydrogen-bond acceptors (Lipinski definition) is 4. The predicted molar refractivity (Wildman–Crippen MR) is 57.5 cm³/mol. The van der Waals surface area contributed by atoms with Crippen LogP contribution in [0.4, 0.5) is 0 Å². The molecule has 0 aliphatic carbocycles. The zero-order chi connectivity index (χ0) is 11.5. The largest absolute Gasteiger partial charge is 0.435 e. The van der Waals surface area contributed by atoms with Crippen LogP contribution < -0.4 is 10.3 Å². The third-order valence-corrected chi connectivity index (χ3v) is 1.98. The SMILES string of the molecule is CC(C)n1cc(Oc2cc(=O)[nH]cn2)cn1. The Balaban J connectivity index is 2.17. The number of aromatic amines is 1. The van der Waals surface area contributed by atoms with E-state index in [2.05, 4.69) is 15.1 Å². The van der Waals surface area contributed by atoms with Crippen molar-refractivity contribution in [1.82, 2.24) is 19.7 Å². The second-order valence-corrected chi connectivity index (χ2v) is 3.60. The van der Waals surface area contributed by atoms with Crippen LogP contribution in [0.1, 0.15) is 19.9 Å². The lowest BCUT2D eigenvalue weighted by atomic mass is 10.4. The molecule has 6 heteroatoms. The van der Waals surface area contributed by atoms with Gasteiger partial charge in [-0.1, -0.05) is 0 Å². The standard InChI is InChI=1S/C10H12N4O2/c1-7(2)14-5-8(4-13-14)16-10-3-9(15)11-6-12-10/h3-7H,1-2H3,(H,11,12,15). The van der Waals surface area contributed by atoms with Crippen molar-refractivity contribution >= 4 is 0 Å². The summed E-state index contributed by atoms with van der Waals surface area (Å²) in [5, 5.41) is 4.11. The molecule has 0 amide bonds. The van der Waals surface area contributed by atoms with Gasteiger partial charge in [-0.05, 0) is 13.8 Å². The second kappa shape index (κ2) is 4.18. The van der Waals surface area contributed by atoms with Crippen molar-refractivity contribution in [1.29, 1.82) is 0 Å². The van der Waals surface area contributed by atoms with Gasteiger partial charge in [-0.2, -0.15) is 5.10 Å². The van der Waals surface area contributed by atoms with Crippen molar-refractivity contribution in [3.8, 4) is 11.6 Å². The molecule has 0 aliphatic heterocycles. The first-order valence-corrected chi connectivity index (χ1v) is 4.92. The Hall–Kier alpha value is -2.11. The maximum Gasteiger partial charge on any atom is 0.254 e. The first-order chi connectivity index (χ1) is 7.65. The smallest absolute Gasteiger partial charge is 0.254 e. The van der Waals surface area contributed by atoms with Gasteiger partial charge in [-0.3, -0.25) is 9.48 Å². The molecule has 6 nitrogen and oxygen atoms in total. The summed E-state index contributed by atoms with van der Waals surface area (Å²) >= 11 is 0. The van der Waals surface area contributed by atoms with Gasteiger partial charge in [0.15, 0.2) is 5.75 Å². The molecule has 0 radical (unpaired) electrons. The van der Waals surface area contributed by atoms with E-state index >= 15 is 0 Å². The van der Waals surface area contributed by atoms with Crippen molar-refractivity contribution < 1.29 is 4.74 Å². The summed E-state index contributed by atoms with van der Waals surface area (Å²) in [5.41, 5.74) is -0.249. The fourth-order valence-corrected chi connectivity index (χ4v) is 1.18. The molecule has 0 saturated carbocycles. The first-order valence-electron chi connectivity index (χ1n) is 4.92. The summed E-state index contributed by atoms with van der Waals surface area (Å²) in [6.07, 6.45) is 4.64. The third kappa shape index (κ3) is 2.28. The molecule has 0 unspecified atom stereocenters. The van der Waals surface area contributed by atoms with Crippen LogP contribution in [0.3, 0.4) is 0 Å². The molecule has 0 bridgehead atoms. The number of H-pyrrole nitrogens is 1. The minimum Gasteiger partial charge on any atom is -0.435 e. The van der Waals surface area contributed by atoms with E-state index in [0.29, 0.717) is 5.75 Å². The van der Waals surface area contributed by atoms with Crippen LogP contribution in [0.2, 0.25) is 0 Å². The van der Waals surface area contributed by atoms with E-state index in [9.17, 15) is 4.79 Å². The third-order valence-electron chi connectivity index (χ3n) is 1.98. The fraction of sp³-hybridized carbons (Fsp3) is 0.300. The highest BCUT2D eigenvalue weighted by atomic mass is 16.5. The molecular formula is C10H12N4O2. The molecule has 16 heavy (non-hydrogen) atoms. The van der Waals surface area contributed by atoms with Gasteiger partial charge in [0, 0.05) is 6.04 Å². The van der Waals surface area contributed by atoms with Gasteiger partial charge in [0.1, 0.15) is 0 Å².